The molecule has 6 heteroatoms. The van der Waals surface area contributed by atoms with E-state index in [1.54, 1.807) is 0 Å². The topological polar surface area (TPSA) is 76.1 Å². The summed E-state index contributed by atoms with van der Waals surface area (Å²) in [5.41, 5.74) is 3.05. The van der Waals surface area contributed by atoms with Gasteiger partial charge in [0.15, 0.2) is 0 Å². The lowest BCUT2D eigenvalue weighted by atomic mass is 10.1. The van der Waals surface area contributed by atoms with Gasteiger partial charge in [0, 0.05) is 18.1 Å². The summed E-state index contributed by atoms with van der Waals surface area (Å²) < 4.78 is 5.58. The van der Waals surface area contributed by atoms with Crippen molar-refractivity contribution in [1.29, 1.82) is 0 Å². The number of aromatic nitrogens is 2. The van der Waals surface area contributed by atoms with E-state index < -0.39 is 0 Å². The number of hydrogen-bond donors (Lipinski definition) is 2. The maximum absolute atomic E-state index is 12.5. The van der Waals surface area contributed by atoms with Gasteiger partial charge in [0.05, 0.1) is 17.9 Å². The first-order valence-electron chi connectivity index (χ1n) is 8.91. The van der Waals surface area contributed by atoms with Crippen molar-refractivity contribution >= 4 is 23.2 Å². The predicted molar refractivity (Wildman–Crippen MR) is 107 cm³/mol. The van der Waals surface area contributed by atoms with Crippen LogP contribution in [0.25, 0.3) is 0 Å². The van der Waals surface area contributed by atoms with E-state index in [0.717, 1.165) is 29.1 Å². The van der Waals surface area contributed by atoms with Gasteiger partial charge in [0.25, 0.3) is 5.91 Å². The number of para-hydroxylation sites is 3. The molecule has 0 radical (unpaired) electrons. The second-order valence-electron chi connectivity index (χ2n) is 5.81. The summed E-state index contributed by atoms with van der Waals surface area (Å²) in [6.45, 7) is 4.55. The highest BCUT2D eigenvalue weighted by Gasteiger charge is 2.10. The minimum atomic E-state index is -0.239. The molecule has 0 spiro atoms. The van der Waals surface area contributed by atoms with E-state index in [9.17, 15) is 4.79 Å². The van der Waals surface area contributed by atoms with E-state index in [1.165, 1.54) is 12.4 Å². The lowest BCUT2D eigenvalue weighted by molar-refractivity contribution is 0.102. The van der Waals surface area contributed by atoms with Crippen molar-refractivity contribution in [2.75, 3.05) is 17.2 Å². The minimum Gasteiger partial charge on any atom is -0.492 e. The van der Waals surface area contributed by atoms with Gasteiger partial charge in [0.2, 0.25) is 5.95 Å². The van der Waals surface area contributed by atoms with Crippen LogP contribution in [0.5, 0.6) is 5.75 Å². The van der Waals surface area contributed by atoms with Crippen LogP contribution in [-0.2, 0) is 6.42 Å². The third kappa shape index (κ3) is 4.61. The molecular formula is C21H22N4O2. The molecule has 2 aromatic carbocycles. The number of nitrogens with zero attached hydrogens (tertiary/aromatic N) is 2. The predicted octanol–water partition coefficient (Wildman–Crippen LogP) is 4.43. The average Bonchev–Trinajstić information content (AvgIpc) is 2.70. The molecule has 2 N–H and O–H groups in total. The zero-order valence-electron chi connectivity index (χ0n) is 15.4. The third-order valence-electron chi connectivity index (χ3n) is 3.99. The summed E-state index contributed by atoms with van der Waals surface area (Å²) >= 11 is 0. The molecule has 0 aliphatic heterocycles. The van der Waals surface area contributed by atoms with Crippen molar-refractivity contribution in [1.82, 2.24) is 9.97 Å². The summed E-state index contributed by atoms with van der Waals surface area (Å²) in [5.74, 6) is 0.881. The van der Waals surface area contributed by atoms with E-state index in [2.05, 4.69) is 27.5 Å². The molecule has 0 bridgehead atoms. The van der Waals surface area contributed by atoms with Crippen molar-refractivity contribution in [3.8, 4) is 5.75 Å². The Morgan fingerprint density at radius 1 is 0.963 bits per heavy atom. The fraction of sp³-hybridized carbons (Fsp3) is 0.190. The fourth-order valence-electron chi connectivity index (χ4n) is 2.63. The Hall–Kier alpha value is -3.41. The number of anilines is 3. The molecule has 138 valence electrons. The summed E-state index contributed by atoms with van der Waals surface area (Å²) in [6.07, 6.45) is 3.85. The zero-order valence-corrected chi connectivity index (χ0v) is 15.4. The van der Waals surface area contributed by atoms with E-state index >= 15 is 0 Å². The van der Waals surface area contributed by atoms with Gasteiger partial charge in [-0.1, -0.05) is 37.3 Å². The summed E-state index contributed by atoms with van der Waals surface area (Å²) in [5, 5.41) is 6.03. The molecule has 1 amide bonds. The molecular weight excluding hydrogens is 340 g/mol. The standard InChI is InChI=1S/C21H22N4O2/c1-3-15-9-5-6-10-17(15)24-20(26)16-13-22-21(23-14-16)25-18-11-7-8-12-19(18)27-4-2/h5-14H,3-4H2,1-2H3,(H,24,26)(H,22,23,25). The Kier molecular flexibility index (Phi) is 5.99. The molecule has 6 nitrogen and oxygen atoms in total. The van der Waals surface area contributed by atoms with Crippen molar-refractivity contribution < 1.29 is 9.53 Å². The molecule has 0 aliphatic rings. The number of carbonyl (C=O) groups excluding carboxylic acids is 1. The quantitative estimate of drug-likeness (QED) is 0.650. The van der Waals surface area contributed by atoms with Crippen molar-refractivity contribution in [3.63, 3.8) is 0 Å². The second kappa shape index (κ2) is 8.80. The Morgan fingerprint density at radius 2 is 1.63 bits per heavy atom. The lowest BCUT2D eigenvalue weighted by Crippen LogP contribution is -2.14. The normalized spacial score (nSPS) is 10.3. The van der Waals surface area contributed by atoms with Crippen molar-refractivity contribution in [2.24, 2.45) is 0 Å². The zero-order chi connectivity index (χ0) is 19.1. The molecule has 0 atom stereocenters. The van der Waals surface area contributed by atoms with Crippen LogP contribution in [0.1, 0.15) is 29.8 Å². The van der Waals surface area contributed by atoms with E-state index in [4.69, 9.17) is 4.74 Å². The van der Waals surface area contributed by atoms with Gasteiger partial charge in [-0.05, 0) is 37.1 Å². The third-order valence-corrected chi connectivity index (χ3v) is 3.99. The first-order chi connectivity index (χ1) is 13.2. The number of carbonyl (C=O) groups is 1. The molecule has 1 aromatic heterocycles. The molecule has 1 heterocycles. The van der Waals surface area contributed by atoms with Crippen LogP contribution in [-0.4, -0.2) is 22.5 Å². The Bertz CT molecular complexity index is 910. The summed E-state index contributed by atoms with van der Waals surface area (Å²) in [4.78, 5) is 20.9. The number of hydrogen-bond acceptors (Lipinski definition) is 5. The first kappa shape index (κ1) is 18.4. The Balaban J connectivity index is 1.71. The Labute approximate surface area is 158 Å². The number of nitrogens with one attached hydrogen (secondary N) is 2. The number of amides is 1. The van der Waals surface area contributed by atoms with Gasteiger partial charge < -0.3 is 15.4 Å². The molecule has 0 fully saturated rings. The van der Waals surface area contributed by atoms with Crippen molar-refractivity contribution in [2.45, 2.75) is 20.3 Å². The average molecular weight is 362 g/mol. The van der Waals surface area contributed by atoms with Crippen LogP contribution < -0.4 is 15.4 Å². The number of aryl methyl sites for hydroxylation is 1. The van der Waals surface area contributed by atoms with E-state index in [1.807, 2.05) is 55.5 Å². The molecule has 3 rings (SSSR count). The maximum Gasteiger partial charge on any atom is 0.258 e. The molecule has 0 saturated carbocycles. The highest BCUT2D eigenvalue weighted by Crippen LogP contribution is 2.26. The van der Waals surface area contributed by atoms with Crippen LogP contribution in [0.15, 0.2) is 60.9 Å². The van der Waals surface area contributed by atoms with Gasteiger partial charge in [-0.3, -0.25) is 4.79 Å². The summed E-state index contributed by atoms with van der Waals surface area (Å²) in [6, 6.07) is 15.3. The van der Waals surface area contributed by atoms with Crippen molar-refractivity contribution in [3.05, 3.63) is 72.1 Å². The number of ether oxygens (including phenoxy) is 1. The fourth-order valence-corrected chi connectivity index (χ4v) is 2.63. The van der Waals surface area contributed by atoms with Gasteiger partial charge in [-0.15, -0.1) is 0 Å². The van der Waals surface area contributed by atoms with Gasteiger partial charge >= 0.3 is 0 Å². The van der Waals surface area contributed by atoms with Gasteiger partial charge in [-0.25, -0.2) is 9.97 Å². The maximum atomic E-state index is 12.5. The molecule has 0 saturated heterocycles. The summed E-state index contributed by atoms with van der Waals surface area (Å²) in [7, 11) is 0. The first-order valence-corrected chi connectivity index (χ1v) is 8.91. The Morgan fingerprint density at radius 3 is 2.33 bits per heavy atom. The second-order valence-corrected chi connectivity index (χ2v) is 5.81. The van der Waals surface area contributed by atoms with Crippen LogP contribution >= 0.6 is 0 Å². The molecule has 3 aromatic rings. The molecule has 0 unspecified atom stereocenters. The van der Waals surface area contributed by atoms with Crippen LogP contribution in [0.3, 0.4) is 0 Å². The highest BCUT2D eigenvalue weighted by atomic mass is 16.5. The van der Waals surface area contributed by atoms with Gasteiger partial charge in [0.1, 0.15) is 5.75 Å². The molecule has 0 aliphatic carbocycles. The van der Waals surface area contributed by atoms with E-state index in [0.29, 0.717) is 18.1 Å². The van der Waals surface area contributed by atoms with Crippen LogP contribution in [0, 0.1) is 0 Å². The highest BCUT2D eigenvalue weighted by molar-refractivity contribution is 6.04. The number of rotatable bonds is 7. The number of benzene rings is 2. The largest absolute Gasteiger partial charge is 0.492 e. The van der Waals surface area contributed by atoms with Crippen LogP contribution in [0.4, 0.5) is 17.3 Å². The SMILES string of the molecule is CCOc1ccccc1Nc1ncc(C(=O)Nc2ccccc2CC)cn1. The minimum absolute atomic E-state index is 0.239. The smallest absolute Gasteiger partial charge is 0.258 e. The lowest BCUT2D eigenvalue weighted by Gasteiger charge is -2.11. The molecule has 27 heavy (non-hydrogen) atoms. The van der Waals surface area contributed by atoms with E-state index in [-0.39, 0.29) is 5.91 Å². The monoisotopic (exact) mass is 362 g/mol. The van der Waals surface area contributed by atoms with Gasteiger partial charge in [-0.2, -0.15) is 0 Å². The van der Waals surface area contributed by atoms with Crippen LogP contribution in [0.2, 0.25) is 0 Å².